The van der Waals surface area contributed by atoms with Gasteiger partial charge >= 0.3 is 0 Å². The number of aromatic nitrogens is 4. The number of nitrogens with zero attached hydrogens (tertiary/aromatic N) is 6. The summed E-state index contributed by atoms with van der Waals surface area (Å²) in [5.41, 5.74) is 9.32. The van der Waals surface area contributed by atoms with Crippen molar-refractivity contribution in [2.24, 2.45) is 5.73 Å². The van der Waals surface area contributed by atoms with Crippen molar-refractivity contribution in [3.8, 4) is 0 Å². The fourth-order valence-corrected chi connectivity index (χ4v) is 4.83. The van der Waals surface area contributed by atoms with Crippen molar-refractivity contribution in [1.29, 1.82) is 0 Å². The number of hydrogen-bond acceptors (Lipinski definition) is 6. The molecule has 162 valence electrons. The number of piperidine rings is 1. The van der Waals surface area contributed by atoms with E-state index < -0.39 is 0 Å². The number of amides is 1. The maximum Gasteiger partial charge on any atom is 0.256 e. The number of carbonyl (C=O) groups is 1. The number of fused-ring (bicyclic) bond motifs is 1. The second kappa shape index (κ2) is 8.09. The molecule has 3 aromatic rings. The van der Waals surface area contributed by atoms with Gasteiger partial charge < -0.3 is 15.5 Å². The zero-order valence-electron chi connectivity index (χ0n) is 17.5. The van der Waals surface area contributed by atoms with Crippen LogP contribution in [0.5, 0.6) is 0 Å². The molecule has 3 aromatic heterocycles. The smallest absolute Gasteiger partial charge is 0.256 e. The van der Waals surface area contributed by atoms with Gasteiger partial charge in [0.05, 0.1) is 22.3 Å². The van der Waals surface area contributed by atoms with E-state index in [4.69, 9.17) is 27.4 Å². The van der Waals surface area contributed by atoms with Crippen LogP contribution in [0.2, 0.25) is 5.02 Å². The molecule has 2 fully saturated rings. The summed E-state index contributed by atoms with van der Waals surface area (Å²) in [7, 11) is 0. The van der Waals surface area contributed by atoms with Gasteiger partial charge in [-0.3, -0.25) is 9.78 Å². The number of hydrogen-bond donors (Lipinski definition) is 1. The Morgan fingerprint density at radius 1 is 1.19 bits per heavy atom. The van der Waals surface area contributed by atoms with E-state index in [1.807, 2.05) is 21.7 Å². The van der Waals surface area contributed by atoms with Gasteiger partial charge in [-0.05, 0) is 38.7 Å². The van der Waals surface area contributed by atoms with Crippen molar-refractivity contribution in [2.75, 3.05) is 24.5 Å². The van der Waals surface area contributed by atoms with Crippen LogP contribution in [0.1, 0.15) is 53.3 Å². The lowest BCUT2D eigenvalue weighted by atomic mass is 9.98. The number of carbonyl (C=O) groups excluding carboxylic acids is 1. The SMILES string of the molecule is Cc1cn2nc([C@@H]3CCCCN3C(=O)c3cncc(Cl)c3)cc2nc1N1CC[C@H](N)C1. The molecule has 1 amide bonds. The summed E-state index contributed by atoms with van der Waals surface area (Å²) in [4.78, 5) is 26.3. The van der Waals surface area contributed by atoms with Gasteiger partial charge in [0.25, 0.3) is 5.91 Å². The lowest BCUT2D eigenvalue weighted by molar-refractivity contribution is 0.0605. The fraction of sp³-hybridized carbons (Fsp3) is 0.455. The first kappa shape index (κ1) is 20.2. The standard InChI is InChI=1S/C22H26ClN7O/c1-14-12-30-20(26-21(14)28-7-5-17(24)13-28)9-18(27-30)19-4-2-3-6-29(19)22(31)15-8-16(23)11-25-10-15/h8-12,17,19H,2-7,13,24H2,1H3/t17-,19-/m0/s1. The summed E-state index contributed by atoms with van der Waals surface area (Å²) in [6, 6.07) is 3.78. The molecule has 0 aliphatic carbocycles. The lowest BCUT2D eigenvalue weighted by Gasteiger charge is -2.34. The highest BCUT2D eigenvalue weighted by molar-refractivity contribution is 6.30. The minimum absolute atomic E-state index is 0.0624. The first-order valence-electron chi connectivity index (χ1n) is 10.8. The van der Waals surface area contributed by atoms with E-state index in [1.54, 1.807) is 12.3 Å². The van der Waals surface area contributed by atoms with Crippen molar-refractivity contribution in [3.05, 3.63) is 52.6 Å². The number of nitrogens with two attached hydrogens (primary N) is 1. The van der Waals surface area contributed by atoms with E-state index in [0.29, 0.717) is 17.1 Å². The van der Waals surface area contributed by atoms with Gasteiger partial charge in [-0.25, -0.2) is 9.50 Å². The highest BCUT2D eigenvalue weighted by atomic mass is 35.5. The largest absolute Gasteiger partial charge is 0.355 e. The van der Waals surface area contributed by atoms with Crippen molar-refractivity contribution in [3.63, 3.8) is 0 Å². The van der Waals surface area contributed by atoms with Crippen LogP contribution in [0.4, 0.5) is 5.82 Å². The topological polar surface area (TPSA) is 92.6 Å². The molecule has 31 heavy (non-hydrogen) atoms. The van der Waals surface area contributed by atoms with E-state index in [1.165, 1.54) is 6.20 Å². The van der Waals surface area contributed by atoms with Gasteiger partial charge in [0.15, 0.2) is 5.65 Å². The van der Waals surface area contributed by atoms with E-state index >= 15 is 0 Å². The average Bonchev–Trinajstić information content (AvgIpc) is 3.38. The molecular weight excluding hydrogens is 414 g/mol. The van der Waals surface area contributed by atoms with Crippen LogP contribution in [0.25, 0.3) is 5.65 Å². The highest BCUT2D eigenvalue weighted by Gasteiger charge is 2.31. The third kappa shape index (κ3) is 3.85. The molecule has 0 spiro atoms. The second-order valence-corrected chi connectivity index (χ2v) is 8.95. The molecule has 5 rings (SSSR count). The van der Waals surface area contributed by atoms with E-state index in [9.17, 15) is 4.79 Å². The molecule has 2 N–H and O–H groups in total. The minimum Gasteiger partial charge on any atom is -0.355 e. The monoisotopic (exact) mass is 439 g/mol. The number of pyridine rings is 1. The van der Waals surface area contributed by atoms with E-state index in [0.717, 1.165) is 61.5 Å². The van der Waals surface area contributed by atoms with Crippen molar-refractivity contribution in [1.82, 2.24) is 24.5 Å². The molecule has 0 aromatic carbocycles. The van der Waals surface area contributed by atoms with Crippen molar-refractivity contribution >= 4 is 29.0 Å². The van der Waals surface area contributed by atoms with Gasteiger partial charge in [0.2, 0.25) is 0 Å². The Bertz CT molecular complexity index is 1130. The predicted molar refractivity (Wildman–Crippen MR) is 119 cm³/mol. The Balaban J connectivity index is 1.47. The van der Waals surface area contributed by atoms with Crippen LogP contribution in [0.3, 0.4) is 0 Å². The molecule has 0 saturated carbocycles. The molecule has 8 nitrogen and oxygen atoms in total. The molecule has 9 heteroatoms. The van der Waals surface area contributed by atoms with Gasteiger partial charge in [0, 0.05) is 55.9 Å². The van der Waals surface area contributed by atoms with Crippen LogP contribution < -0.4 is 10.6 Å². The number of anilines is 1. The van der Waals surface area contributed by atoms with Gasteiger partial charge in [-0.2, -0.15) is 5.10 Å². The summed E-state index contributed by atoms with van der Waals surface area (Å²) in [5, 5.41) is 5.26. The summed E-state index contributed by atoms with van der Waals surface area (Å²) in [6.07, 6.45) is 9.00. The first-order chi connectivity index (χ1) is 15.0. The highest BCUT2D eigenvalue weighted by Crippen LogP contribution is 2.33. The third-order valence-corrected chi connectivity index (χ3v) is 6.41. The van der Waals surface area contributed by atoms with Crippen LogP contribution in [0, 0.1) is 6.92 Å². The van der Waals surface area contributed by atoms with Crippen molar-refractivity contribution < 1.29 is 4.79 Å². The van der Waals surface area contributed by atoms with Crippen LogP contribution in [-0.2, 0) is 0 Å². The Morgan fingerprint density at radius 2 is 2.06 bits per heavy atom. The molecule has 2 aliphatic rings. The lowest BCUT2D eigenvalue weighted by Crippen LogP contribution is -2.38. The molecule has 0 unspecified atom stereocenters. The minimum atomic E-state index is -0.0918. The molecular formula is C22H26ClN7O. The molecule has 2 aliphatic heterocycles. The van der Waals surface area contributed by atoms with Crippen molar-refractivity contribution in [2.45, 2.75) is 44.7 Å². The summed E-state index contributed by atoms with van der Waals surface area (Å²) < 4.78 is 1.82. The van der Waals surface area contributed by atoms with E-state index in [-0.39, 0.29) is 18.0 Å². The van der Waals surface area contributed by atoms with Gasteiger partial charge in [-0.1, -0.05) is 11.6 Å². The number of likely N-dealkylation sites (tertiary alicyclic amines) is 1. The quantitative estimate of drug-likeness (QED) is 0.674. The second-order valence-electron chi connectivity index (χ2n) is 8.52. The number of halogens is 1. The molecule has 5 heterocycles. The average molecular weight is 440 g/mol. The maximum atomic E-state index is 13.2. The summed E-state index contributed by atoms with van der Waals surface area (Å²) >= 11 is 6.06. The molecule has 2 atom stereocenters. The fourth-order valence-electron chi connectivity index (χ4n) is 4.66. The molecule has 0 bridgehead atoms. The normalized spacial score (nSPS) is 21.8. The summed E-state index contributed by atoms with van der Waals surface area (Å²) in [5.74, 6) is 0.904. The van der Waals surface area contributed by atoms with Crippen LogP contribution >= 0.6 is 11.6 Å². The molecule has 0 radical (unpaired) electrons. The van der Waals surface area contributed by atoms with E-state index in [2.05, 4.69) is 16.8 Å². The summed E-state index contributed by atoms with van der Waals surface area (Å²) in [6.45, 7) is 4.48. The zero-order valence-corrected chi connectivity index (χ0v) is 18.3. The molecule has 2 saturated heterocycles. The maximum absolute atomic E-state index is 13.2. The predicted octanol–water partition coefficient (Wildman–Crippen LogP) is 2.99. The Hall–Kier alpha value is -2.71. The van der Waals surface area contributed by atoms with Crippen LogP contribution in [0.15, 0.2) is 30.7 Å². The Kier molecular flexibility index (Phi) is 5.27. The Labute approximate surface area is 186 Å². The number of aryl methyl sites for hydroxylation is 1. The Morgan fingerprint density at radius 3 is 2.84 bits per heavy atom. The first-order valence-corrected chi connectivity index (χ1v) is 11.2. The number of rotatable bonds is 3. The van der Waals surface area contributed by atoms with Gasteiger partial charge in [0.1, 0.15) is 5.82 Å². The van der Waals surface area contributed by atoms with Crippen LogP contribution in [-0.4, -0.2) is 56.1 Å². The van der Waals surface area contributed by atoms with Gasteiger partial charge in [-0.15, -0.1) is 0 Å². The third-order valence-electron chi connectivity index (χ3n) is 6.21. The zero-order chi connectivity index (χ0) is 21.5.